The van der Waals surface area contributed by atoms with E-state index in [1.807, 2.05) is 12.4 Å². The molecule has 0 aromatic carbocycles. The molecule has 5 heteroatoms. The number of nitrogens with zero attached hydrogens (tertiary/aromatic N) is 3. The number of likely N-dealkylation sites (tertiary alicyclic amines) is 2. The Hall–Kier alpha value is -0.910. The molecular formula is C16H28N4O. The van der Waals surface area contributed by atoms with Crippen molar-refractivity contribution in [1.82, 2.24) is 20.0 Å². The van der Waals surface area contributed by atoms with Gasteiger partial charge in [-0.05, 0) is 63.3 Å². The summed E-state index contributed by atoms with van der Waals surface area (Å²) < 4.78 is 0. The van der Waals surface area contributed by atoms with Crippen LogP contribution in [0.4, 0.5) is 0 Å². The lowest BCUT2D eigenvalue weighted by molar-refractivity contribution is -0.0374. The third-order valence-corrected chi connectivity index (χ3v) is 5.75. The van der Waals surface area contributed by atoms with Crippen LogP contribution in [0.3, 0.4) is 0 Å². The molecule has 1 spiro atoms. The Morgan fingerprint density at radius 2 is 2.10 bits per heavy atom. The molecule has 1 aromatic rings. The van der Waals surface area contributed by atoms with Crippen LogP contribution in [0.25, 0.3) is 0 Å². The Morgan fingerprint density at radius 3 is 2.76 bits per heavy atom. The molecule has 2 aliphatic heterocycles. The van der Waals surface area contributed by atoms with Gasteiger partial charge in [-0.25, -0.2) is 0 Å². The van der Waals surface area contributed by atoms with Crippen LogP contribution in [0.5, 0.6) is 0 Å². The lowest BCUT2D eigenvalue weighted by atomic mass is 9.64. The Morgan fingerprint density at radius 1 is 1.33 bits per heavy atom. The number of aromatic nitrogens is 2. The molecule has 5 nitrogen and oxygen atoms in total. The molecule has 21 heavy (non-hydrogen) atoms. The molecule has 1 atom stereocenters. The Bertz CT molecular complexity index is 425. The van der Waals surface area contributed by atoms with Crippen LogP contribution in [0.2, 0.25) is 0 Å². The van der Waals surface area contributed by atoms with Crippen molar-refractivity contribution in [3.8, 4) is 0 Å². The maximum atomic E-state index is 9.89. The summed E-state index contributed by atoms with van der Waals surface area (Å²) in [7, 11) is 2.21. The van der Waals surface area contributed by atoms with Crippen LogP contribution >= 0.6 is 0 Å². The number of aromatic amines is 1. The van der Waals surface area contributed by atoms with E-state index in [2.05, 4.69) is 27.0 Å². The largest absolute Gasteiger partial charge is 0.396 e. The zero-order valence-electron chi connectivity index (χ0n) is 13.1. The normalized spacial score (nSPS) is 27.2. The van der Waals surface area contributed by atoms with Crippen molar-refractivity contribution in [3.05, 3.63) is 18.0 Å². The predicted molar refractivity (Wildman–Crippen MR) is 83.1 cm³/mol. The fourth-order valence-corrected chi connectivity index (χ4v) is 4.06. The van der Waals surface area contributed by atoms with Gasteiger partial charge >= 0.3 is 0 Å². The first-order chi connectivity index (χ1) is 10.2. The minimum absolute atomic E-state index is 0.339. The average Bonchev–Trinajstić information content (AvgIpc) is 3.03. The van der Waals surface area contributed by atoms with Gasteiger partial charge in [0.05, 0.1) is 6.20 Å². The van der Waals surface area contributed by atoms with Crippen molar-refractivity contribution in [2.75, 3.05) is 46.4 Å². The van der Waals surface area contributed by atoms with Gasteiger partial charge in [0.2, 0.25) is 0 Å². The minimum atomic E-state index is 0.339. The fraction of sp³-hybridized carbons (Fsp3) is 0.812. The van der Waals surface area contributed by atoms with E-state index in [0.29, 0.717) is 17.9 Å². The van der Waals surface area contributed by atoms with E-state index in [-0.39, 0.29) is 0 Å². The maximum absolute atomic E-state index is 9.89. The Labute approximate surface area is 127 Å². The summed E-state index contributed by atoms with van der Waals surface area (Å²) in [6.45, 7) is 6.02. The number of H-pyrrole nitrogens is 1. The quantitative estimate of drug-likeness (QED) is 0.868. The first kappa shape index (κ1) is 15.0. The summed E-state index contributed by atoms with van der Waals surface area (Å²) in [4.78, 5) is 4.95. The zero-order valence-corrected chi connectivity index (χ0v) is 13.1. The lowest BCUT2D eigenvalue weighted by Crippen LogP contribution is -2.53. The number of hydrogen-bond donors (Lipinski definition) is 2. The van der Waals surface area contributed by atoms with Crippen LogP contribution in [0.1, 0.15) is 24.8 Å². The molecule has 2 fully saturated rings. The fourth-order valence-electron chi connectivity index (χ4n) is 4.06. The highest BCUT2D eigenvalue weighted by Gasteiger charge is 2.43. The highest BCUT2D eigenvalue weighted by Crippen LogP contribution is 2.44. The van der Waals surface area contributed by atoms with Gasteiger partial charge < -0.3 is 14.9 Å². The molecule has 0 amide bonds. The van der Waals surface area contributed by atoms with Crippen LogP contribution in [-0.4, -0.2) is 71.5 Å². The van der Waals surface area contributed by atoms with Crippen LogP contribution in [0, 0.1) is 11.3 Å². The van der Waals surface area contributed by atoms with Gasteiger partial charge in [0, 0.05) is 31.8 Å². The summed E-state index contributed by atoms with van der Waals surface area (Å²) in [6, 6.07) is 0. The Kier molecular flexibility index (Phi) is 4.62. The monoisotopic (exact) mass is 292 g/mol. The van der Waals surface area contributed by atoms with Crippen LogP contribution in [-0.2, 0) is 6.42 Å². The lowest BCUT2D eigenvalue weighted by Gasteiger charge is -2.51. The molecule has 1 unspecified atom stereocenters. The SMILES string of the molecule is CN1CCC2(CC1)CCN(CCc1cn[nH]c1)CC2CO. The number of aliphatic hydroxyl groups excluding tert-OH is 1. The third-order valence-electron chi connectivity index (χ3n) is 5.75. The number of hydrogen-bond acceptors (Lipinski definition) is 4. The van der Waals surface area contributed by atoms with Gasteiger partial charge in [-0.2, -0.15) is 5.10 Å². The zero-order chi connectivity index (χ0) is 14.7. The van der Waals surface area contributed by atoms with Crippen molar-refractivity contribution >= 4 is 0 Å². The topological polar surface area (TPSA) is 55.4 Å². The minimum Gasteiger partial charge on any atom is -0.396 e. The summed E-state index contributed by atoms with van der Waals surface area (Å²) >= 11 is 0. The van der Waals surface area contributed by atoms with Gasteiger partial charge in [-0.3, -0.25) is 5.10 Å². The predicted octanol–water partition coefficient (Wildman–Crippen LogP) is 0.978. The first-order valence-electron chi connectivity index (χ1n) is 8.21. The van der Waals surface area contributed by atoms with Crippen molar-refractivity contribution in [1.29, 1.82) is 0 Å². The molecule has 3 rings (SSSR count). The molecule has 2 aliphatic rings. The summed E-state index contributed by atoms with van der Waals surface area (Å²) in [6.07, 6.45) is 8.69. The number of nitrogens with one attached hydrogen (secondary N) is 1. The van der Waals surface area contributed by atoms with E-state index in [1.165, 1.54) is 44.5 Å². The maximum Gasteiger partial charge on any atom is 0.0519 e. The first-order valence-corrected chi connectivity index (χ1v) is 8.21. The third kappa shape index (κ3) is 3.30. The standard InChI is InChI=1S/C16H28N4O/c1-19-7-3-16(4-8-19)5-9-20(12-15(16)13-21)6-2-14-10-17-18-11-14/h10-11,15,21H,2-9,12-13H2,1H3,(H,17,18). The molecule has 0 saturated carbocycles. The van der Waals surface area contributed by atoms with E-state index in [9.17, 15) is 5.11 Å². The number of piperidine rings is 2. The van der Waals surface area contributed by atoms with E-state index in [1.54, 1.807) is 0 Å². The van der Waals surface area contributed by atoms with Crippen LogP contribution < -0.4 is 0 Å². The van der Waals surface area contributed by atoms with Crippen LogP contribution in [0.15, 0.2) is 12.4 Å². The average molecular weight is 292 g/mol. The highest BCUT2D eigenvalue weighted by molar-refractivity contribution is 5.03. The van der Waals surface area contributed by atoms with Crippen molar-refractivity contribution in [2.24, 2.45) is 11.3 Å². The van der Waals surface area contributed by atoms with E-state index in [0.717, 1.165) is 19.5 Å². The van der Waals surface area contributed by atoms with E-state index >= 15 is 0 Å². The van der Waals surface area contributed by atoms with Crippen molar-refractivity contribution < 1.29 is 5.11 Å². The molecule has 118 valence electrons. The number of aliphatic hydroxyl groups is 1. The van der Waals surface area contributed by atoms with Gasteiger partial charge in [-0.1, -0.05) is 0 Å². The summed E-state index contributed by atoms with van der Waals surface area (Å²) in [5.74, 6) is 0.448. The van der Waals surface area contributed by atoms with Gasteiger partial charge in [0.1, 0.15) is 0 Å². The van der Waals surface area contributed by atoms with Gasteiger partial charge in [-0.15, -0.1) is 0 Å². The molecule has 2 N–H and O–H groups in total. The second-order valence-electron chi connectivity index (χ2n) is 6.95. The highest BCUT2D eigenvalue weighted by atomic mass is 16.3. The number of rotatable bonds is 4. The van der Waals surface area contributed by atoms with Gasteiger partial charge in [0.15, 0.2) is 0 Å². The summed E-state index contributed by atoms with van der Waals surface area (Å²) in [5.41, 5.74) is 1.67. The molecule has 3 heterocycles. The molecule has 1 aromatic heterocycles. The van der Waals surface area contributed by atoms with Gasteiger partial charge in [0.25, 0.3) is 0 Å². The second kappa shape index (κ2) is 6.46. The molecular weight excluding hydrogens is 264 g/mol. The van der Waals surface area contributed by atoms with E-state index < -0.39 is 0 Å². The smallest absolute Gasteiger partial charge is 0.0519 e. The van der Waals surface area contributed by atoms with E-state index in [4.69, 9.17) is 0 Å². The molecule has 0 bridgehead atoms. The molecule has 0 radical (unpaired) electrons. The van der Waals surface area contributed by atoms with Crippen molar-refractivity contribution in [2.45, 2.75) is 25.7 Å². The Balaban J connectivity index is 1.56. The molecule has 2 saturated heterocycles. The second-order valence-corrected chi connectivity index (χ2v) is 6.95. The van der Waals surface area contributed by atoms with Crippen molar-refractivity contribution in [3.63, 3.8) is 0 Å². The molecule has 0 aliphatic carbocycles. The summed E-state index contributed by atoms with van der Waals surface area (Å²) in [5, 5.41) is 16.8.